The fourth-order valence-corrected chi connectivity index (χ4v) is 2.01. The highest BCUT2D eigenvalue weighted by molar-refractivity contribution is 7.89. The largest absolute Gasteiger partial charge is 0.268 e. The molecular weight excluding hydrogens is 238 g/mol. The second kappa shape index (κ2) is 4.49. The molecule has 0 atom stereocenters. The van der Waals surface area contributed by atoms with Crippen LogP contribution >= 0.6 is 0 Å². The summed E-state index contributed by atoms with van der Waals surface area (Å²) in [6, 6.07) is 7.00. The Hall–Kier alpha value is -1.36. The second-order valence-corrected chi connectivity index (χ2v) is 6.75. The van der Waals surface area contributed by atoms with Gasteiger partial charge in [0.25, 0.3) is 5.91 Å². The smallest absolute Gasteiger partial charge is 0.265 e. The molecule has 94 valence electrons. The third kappa shape index (κ3) is 3.85. The summed E-state index contributed by atoms with van der Waals surface area (Å²) in [5.74, 6) is -0.585. The van der Waals surface area contributed by atoms with Crippen LogP contribution in [0, 0.1) is 0 Å². The maximum absolute atomic E-state index is 11.8. The number of benzene rings is 1. The van der Waals surface area contributed by atoms with Crippen LogP contribution in [0.15, 0.2) is 24.3 Å². The van der Waals surface area contributed by atoms with Crippen LogP contribution in [0.3, 0.4) is 0 Å². The van der Waals surface area contributed by atoms with Gasteiger partial charge in [-0.2, -0.15) is 0 Å². The Labute approximate surface area is 102 Å². The van der Waals surface area contributed by atoms with Crippen LogP contribution in [0.25, 0.3) is 0 Å². The monoisotopic (exact) mass is 255 g/mol. The van der Waals surface area contributed by atoms with E-state index in [1.165, 1.54) is 0 Å². The zero-order valence-electron chi connectivity index (χ0n) is 10.4. The first kappa shape index (κ1) is 13.7. The fraction of sp³-hybridized carbons (Fsp3) is 0.417. The molecule has 17 heavy (non-hydrogen) atoms. The number of carbonyl (C=O) groups is 1. The second-order valence-electron chi connectivity index (χ2n) is 5.00. The van der Waals surface area contributed by atoms with E-state index in [9.17, 15) is 13.2 Å². The molecule has 0 spiro atoms. The molecule has 1 rings (SSSR count). The number of hydrogen-bond acceptors (Lipinski definition) is 3. The van der Waals surface area contributed by atoms with E-state index >= 15 is 0 Å². The molecule has 0 bridgehead atoms. The molecule has 0 aromatic heterocycles. The van der Waals surface area contributed by atoms with Crippen LogP contribution in [0.2, 0.25) is 0 Å². The van der Waals surface area contributed by atoms with Crippen molar-refractivity contribution in [3.8, 4) is 0 Å². The Morgan fingerprint density at radius 3 is 2.18 bits per heavy atom. The molecule has 0 heterocycles. The molecule has 4 nitrogen and oxygen atoms in total. The minimum absolute atomic E-state index is 0.217. The average Bonchev–Trinajstić information content (AvgIpc) is 2.13. The van der Waals surface area contributed by atoms with Crippen LogP contribution in [0.5, 0.6) is 0 Å². The summed E-state index contributed by atoms with van der Waals surface area (Å²) in [4.78, 5) is 11.8. The van der Waals surface area contributed by atoms with E-state index in [4.69, 9.17) is 0 Å². The van der Waals surface area contributed by atoms with E-state index in [0.717, 1.165) is 11.8 Å². The standard InChI is InChI=1S/C12H17NO3S/c1-12(2,3)10-8-6-5-7-9(10)11(14)13-17(4,15)16/h5-8H,1-4H3,(H,13,14). The van der Waals surface area contributed by atoms with Gasteiger partial charge in [0.1, 0.15) is 0 Å². The Balaban J connectivity index is 3.19. The normalized spacial score (nSPS) is 12.2. The summed E-state index contributed by atoms with van der Waals surface area (Å²) in [6.45, 7) is 5.92. The number of carbonyl (C=O) groups excluding carboxylic acids is 1. The van der Waals surface area contributed by atoms with Crippen LogP contribution in [0.4, 0.5) is 0 Å². The first-order valence-electron chi connectivity index (χ1n) is 5.23. The van der Waals surface area contributed by atoms with E-state index in [0.29, 0.717) is 5.56 Å². The van der Waals surface area contributed by atoms with E-state index in [2.05, 4.69) is 0 Å². The fourth-order valence-electron chi connectivity index (χ4n) is 1.56. The first-order valence-corrected chi connectivity index (χ1v) is 7.12. The quantitative estimate of drug-likeness (QED) is 0.874. The zero-order chi connectivity index (χ0) is 13.3. The molecule has 1 aromatic rings. The van der Waals surface area contributed by atoms with Crippen LogP contribution in [0.1, 0.15) is 36.7 Å². The minimum Gasteiger partial charge on any atom is -0.268 e. The lowest BCUT2D eigenvalue weighted by molar-refractivity contribution is 0.0979. The van der Waals surface area contributed by atoms with Gasteiger partial charge in [-0.15, -0.1) is 0 Å². The lowest BCUT2D eigenvalue weighted by Gasteiger charge is -2.22. The van der Waals surface area contributed by atoms with Gasteiger partial charge in [0.05, 0.1) is 6.26 Å². The van der Waals surface area contributed by atoms with Crippen LogP contribution < -0.4 is 4.72 Å². The van der Waals surface area contributed by atoms with Gasteiger partial charge in [-0.3, -0.25) is 4.79 Å². The summed E-state index contributed by atoms with van der Waals surface area (Å²) in [7, 11) is -3.53. The highest BCUT2D eigenvalue weighted by atomic mass is 32.2. The van der Waals surface area contributed by atoms with E-state index in [1.54, 1.807) is 12.1 Å². The summed E-state index contributed by atoms with van der Waals surface area (Å²) in [6.07, 6.45) is 0.963. The molecule has 1 amide bonds. The van der Waals surface area contributed by atoms with Gasteiger partial charge in [-0.05, 0) is 17.0 Å². The van der Waals surface area contributed by atoms with Crippen molar-refractivity contribution in [1.82, 2.24) is 4.72 Å². The van der Waals surface area contributed by atoms with Crippen molar-refractivity contribution >= 4 is 15.9 Å². The van der Waals surface area contributed by atoms with Gasteiger partial charge >= 0.3 is 0 Å². The Morgan fingerprint density at radius 2 is 1.71 bits per heavy atom. The summed E-state index contributed by atoms with van der Waals surface area (Å²) in [5, 5.41) is 0. The summed E-state index contributed by atoms with van der Waals surface area (Å²) in [5.41, 5.74) is 0.998. The minimum atomic E-state index is -3.53. The van der Waals surface area contributed by atoms with Crippen molar-refractivity contribution in [3.63, 3.8) is 0 Å². The number of sulfonamides is 1. The van der Waals surface area contributed by atoms with E-state index in [1.807, 2.05) is 37.6 Å². The molecular formula is C12H17NO3S. The highest BCUT2D eigenvalue weighted by Gasteiger charge is 2.22. The molecule has 5 heteroatoms. The predicted octanol–water partition coefficient (Wildman–Crippen LogP) is 1.67. The average molecular weight is 255 g/mol. The van der Waals surface area contributed by atoms with Crippen molar-refractivity contribution < 1.29 is 13.2 Å². The van der Waals surface area contributed by atoms with E-state index < -0.39 is 15.9 Å². The topological polar surface area (TPSA) is 63.2 Å². The third-order valence-electron chi connectivity index (χ3n) is 2.26. The van der Waals surface area contributed by atoms with E-state index in [-0.39, 0.29) is 5.41 Å². The van der Waals surface area contributed by atoms with Crippen molar-refractivity contribution in [1.29, 1.82) is 0 Å². The lowest BCUT2D eigenvalue weighted by Crippen LogP contribution is -2.31. The highest BCUT2D eigenvalue weighted by Crippen LogP contribution is 2.25. The summed E-state index contributed by atoms with van der Waals surface area (Å²) < 4.78 is 24.1. The Morgan fingerprint density at radius 1 is 1.18 bits per heavy atom. The van der Waals surface area contributed by atoms with Gasteiger partial charge in [-0.1, -0.05) is 39.0 Å². The van der Waals surface area contributed by atoms with Gasteiger partial charge in [0, 0.05) is 5.56 Å². The molecule has 0 radical (unpaired) electrons. The SMILES string of the molecule is CC(C)(C)c1ccccc1C(=O)NS(C)(=O)=O. The van der Waals surface area contributed by atoms with Gasteiger partial charge in [0.15, 0.2) is 0 Å². The predicted molar refractivity (Wildman–Crippen MR) is 67.5 cm³/mol. The van der Waals surface area contributed by atoms with Crippen molar-refractivity contribution in [2.24, 2.45) is 0 Å². The molecule has 1 aromatic carbocycles. The zero-order valence-corrected chi connectivity index (χ0v) is 11.3. The Bertz CT molecular complexity index is 527. The molecule has 0 aliphatic heterocycles. The molecule has 0 saturated heterocycles. The lowest BCUT2D eigenvalue weighted by atomic mass is 9.83. The number of rotatable bonds is 2. The maximum atomic E-state index is 11.8. The molecule has 0 fully saturated rings. The molecule has 0 unspecified atom stereocenters. The van der Waals surface area contributed by atoms with Gasteiger partial charge < -0.3 is 0 Å². The maximum Gasteiger partial charge on any atom is 0.265 e. The molecule has 0 aliphatic carbocycles. The number of nitrogens with one attached hydrogen (secondary N) is 1. The molecule has 0 saturated carbocycles. The molecule has 0 aliphatic rings. The van der Waals surface area contributed by atoms with Crippen molar-refractivity contribution in [2.75, 3.05) is 6.26 Å². The summed E-state index contributed by atoms with van der Waals surface area (Å²) >= 11 is 0. The van der Waals surface area contributed by atoms with Gasteiger partial charge in [0.2, 0.25) is 10.0 Å². The number of hydrogen-bond donors (Lipinski definition) is 1. The third-order valence-corrected chi connectivity index (χ3v) is 2.81. The van der Waals surface area contributed by atoms with Crippen LogP contribution in [-0.2, 0) is 15.4 Å². The van der Waals surface area contributed by atoms with Crippen molar-refractivity contribution in [3.05, 3.63) is 35.4 Å². The van der Waals surface area contributed by atoms with Crippen LogP contribution in [-0.4, -0.2) is 20.6 Å². The Kier molecular flexibility index (Phi) is 3.62. The number of amides is 1. The van der Waals surface area contributed by atoms with Gasteiger partial charge in [-0.25, -0.2) is 13.1 Å². The molecule has 1 N–H and O–H groups in total. The first-order chi connectivity index (χ1) is 7.61. The van der Waals surface area contributed by atoms with Crippen molar-refractivity contribution in [2.45, 2.75) is 26.2 Å².